The topological polar surface area (TPSA) is 62.3 Å². The maximum absolute atomic E-state index is 10.4. The van der Waals surface area contributed by atoms with Crippen molar-refractivity contribution in [1.29, 1.82) is 0 Å². The molecular weight excluding hydrogens is 230 g/mol. The number of carboxylic acid groups (broad SMARTS) is 1. The molecule has 0 atom stereocenters. The lowest BCUT2D eigenvalue weighted by Gasteiger charge is -2.02. The van der Waals surface area contributed by atoms with Gasteiger partial charge in [-0.2, -0.15) is 0 Å². The van der Waals surface area contributed by atoms with Gasteiger partial charge in [0, 0.05) is 22.4 Å². The van der Waals surface area contributed by atoms with Crippen molar-refractivity contribution in [2.24, 2.45) is 0 Å². The molecule has 0 saturated carbocycles. The molecule has 0 aliphatic rings. The van der Waals surface area contributed by atoms with E-state index in [1.807, 2.05) is 36.4 Å². The number of aromatic amines is 1. The lowest BCUT2D eigenvalue weighted by Crippen LogP contribution is -2.09. The van der Waals surface area contributed by atoms with Crippen LogP contribution in [0.25, 0.3) is 21.8 Å². The fraction of sp³-hybridized carbons (Fsp3) is 0.0714. The first-order valence-electron chi connectivity index (χ1n) is 5.59. The summed E-state index contributed by atoms with van der Waals surface area (Å²) in [6.45, 7) is -0.328. The van der Waals surface area contributed by atoms with Crippen LogP contribution in [0.4, 0.5) is 0 Å². The van der Waals surface area contributed by atoms with E-state index in [2.05, 4.69) is 4.98 Å². The minimum atomic E-state index is -0.980. The number of hydrogen-bond acceptors (Lipinski definition) is 2. The van der Waals surface area contributed by atoms with Gasteiger partial charge in [-0.1, -0.05) is 18.2 Å². The SMILES string of the molecule is O=C(O)COc1ccc2c(c1)[nH]c1ccccc12. The molecule has 0 radical (unpaired) electrons. The van der Waals surface area contributed by atoms with Crippen molar-refractivity contribution in [3.8, 4) is 5.75 Å². The van der Waals surface area contributed by atoms with Crippen molar-refractivity contribution in [1.82, 2.24) is 4.98 Å². The van der Waals surface area contributed by atoms with Gasteiger partial charge in [0.05, 0.1) is 5.52 Å². The number of fused-ring (bicyclic) bond motifs is 3. The molecule has 4 heteroatoms. The second-order valence-corrected chi connectivity index (χ2v) is 4.06. The number of para-hydroxylation sites is 1. The molecule has 2 aromatic carbocycles. The van der Waals surface area contributed by atoms with E-state index in [9.17, 15) is 4.79 Å². The van der Waals surface area contributed by atoms with Crippen LogP contribution < -0.4 is 4.74 Å². The van der Waals surface area contributed by atoms with Crippen LogP contribution in [-0.4, -0.2) is 22.7 Å². The van der Waals surface area contributed by atoms with E-state index in [1.165, 1.54) is 0 Å². The highest BCUT2D eigenvalue weighted by Gasteiger charge is 2.05. The summed E-state index contributed by atoms with van der Waals surface area (Å²) in [6.07, 6.45) is 0. The van der Waals surface area contributed by atoms with Crippen LogP contribution in [0, 0.1) is 0 Å². The molecule has 0 aliphatic carbocycles. The minimum absolute atomic E-state index is 0.328. The van der Waals surface area contributed by atoms with Crippen molar-refractivity contribution >= 4 is 27.8 Å². The molecule has 3 rings (SSSR count). The number of H-pyrrole nitrogens is 1. The highest BCUT2D eigenvalue weighted by atomic mass is 16.5. The average molecular weight is 241 g/mol. The zero-order chi connectivity index (χ0) is 12.5. The number of carbonyl (C=O) groups is 1. The van der Waals surface area contributed by atoms with E-state index in [-0.39, 0.29) is 6.61 Å². The summed E-state index contributed by atoms with van der Waals surface area (Å²) in [4.78, 5) is 13.7. The molecule has 1 aromatic heterocycles. The standard InChI is InChI=1S/C14H11NO3/c16-14(17)8-18-9-5-6-11-10-3-1-2-4-12(10)15-13(11)7-9/h1-7,15H,8H2,(H,16,17). The summed E-state index contributed by atoms with van der Waals surface area (Å²) in [7, 11) is 0. The maximum Gasteiger partial charge on any atom is 0.341 e. The molecule has 3 aromatic rings. The maximum atomic E-state index is 10.4. The van der Waals surface area contributed by atoms with Gasteiger partial charge in [-0.25, -0.2) is 4.79 Å². The number of aliphatic carboxylic acids is 1. The second kappa shape index (κ2) is 4.07. The normalized spacial score (nSPS) is 10.9. The molecule has 0 amide bonds. The number of benzene rings is 2. The van der Waals surface area contributed by atoms with Gasteiger partial charge < -0.3 is 14.8 Å². The molecule has 4 nitrogen and oxygen atoms in total. The number of ether oxygens (including phenoxy) is 1. The van der Waals surface area contributed by atoms with Gasteiger partial charge in [-0.3, -0.25) is 0 Å². The molecule has 0 unspecified atom stereocenters. The van der Waals surface area contributed by atoms with Gasteiger partial charge in [0.25, 0.3) is 0 Å². The van der Waals surface area contributed by atoms with Crippen LogP contribution in [0.1, 0.15) is 0 Å². The quantitative estimate of drug-likeness (QED) is 0.741. The van der Waals surface area contributed by atoms with Gasteiger partial charge in [-0.15, -0.1) is 0 Å². The predicted molar refractivity (Wildman–Crippen MR) is 68.9 cm³/mol. The summed E-state index contributed by atoms with van der Waals surface area (Å²) >= 11 is 0. The van der Waals surface area contributed by atoms with Gasteiger partial charge in [0.2, 0.25) is 0 Å². The Labute approximate surface area is 103 Å². The number of carboxylic acids is 1. The first-order valence-corrected chi connectivity index (χ1v) is 5.59. The molecule has 0 aliphatic heterocycles. The molecule has 90 valence electrons. The van der Waals surface area contributed by atoms with Crippen LogP contribution >= 0.6 is 0 Å². The number of rotatable bonds is 3. The average Bonchev–Trinajstić information content (AvgIpc) is 2.73. The Morgan fingerprint density at radius 3 is 2.72 bits per heavy atom. The first kappa shape index (κ1) is 10.7. The van der Waals surface area contributed by atoms with Crippen molar-refractivity contribution in [2.45, 2.75) is 0 Å². The van der Waals surface area contributed by atoms with Crippen molar-refractivity contribution in [3.63, 3.8) is 0 Å². The second-order valence-electron chi connectivity index (χ2n) is 4.06. The largest absolute Gasteiger partial charge is 0.482 e. The monoisotopic (exact) mass is 241 g/mol. The fourth-order valence-corrected chi connectivity index (χ4v) is 2.07. The van der Waals surface area contributed by atoms with Crippen LogP contribution in [0.5, 0.6) is 5.75 Å². The fourth-order valence-electron chi connectivity index (χ4n) is 2.07. The molecular formula is C14H11NO3. The predicted octanol–water partition coefficient (Wildman–Crippen LogP) is 2.78. The summed E-state index contributed by atoms with van der Waals surface area (Å²) < 4.78 is 5.15. The Morgan fingerprint density at radius 1 is 1.11 bits per heavy atom. The Kier molecular flexibility index (Phi) is 2.41. The highest BCUT2D eigenvalue weighted by Crippen LogP contribution is 2.27. The first-order chi connectivity index (χ1) is 8.74. The van der Waals surface area contributed by atoms with E-state index in [4.69, 9.17) is 9.84 Å². The van der Waals surface area contributed by atoms with Crippen LogP contribution in [0.2, 0.25) is 0 Å². The Morgan fingerprint density at radius 2 is 1.89 bits per heavy atom. The summed E-state index contributed by atoms with van der Waals surface area (Å²) in [5, 5.41) is 10.8. The molecule has 18 heavy (non-hydrogen) atoms. The number of hydrogen-bond donors (Lipinski definition) is 2. The van der Waals surface area contributed by atoms with Crippen LogP contribution in [0.3, 0.4) is 0 Å². The van der Waals surface area contributed by atoms with E-state index >= 15 is 0 Å². The lowest BCUT2D eigenvalue weighted by molar-refractivity contribution is -0.139. The number of aromatic nitrogens is 1. The van der Waals surface area contributed by atoms with E-state index in [1.54, 1.807) is 6.07 Å². The third-order valence-electron chi connectivity index (χ3n) is 2.84. The molecule has 0 bridgehead atoms. The van der Waals surface area contributed by atoms with Gasteiger partial charge in [0.1, 0.15) is 5.75 Å². The van der Waals surface area contributed by atoms with Gasteiger partial charge in [0.15, 0.2) is 6.61 Å². The van der Waals surface area contributed by atoms with Gasteiger partial charge >= 0.3 is 5.97 Å². The van der Waals surface area contributed by atoms with Crippen molar-refractivity contribution in [3.05, 3.63) is 42.5 Å². The van der Waals surface area contributed by atoms with E-state index in [0.29, 0.717) is 5.75 Å². The van der Waals surface area contributed by atoms with E-state index in [0.717, 1.165) is 21.8 Å². The summed E-state index contributed by atoms with van der Waals surface area (Å²) in [5.41, 5.74) is 2.00. The number of nitrogens with one attached hydrogen (secondary N) is 1. The van der Waals surface area contributed by atoms with E-state index < -0.39 is 5.97 Å². The summed E-state index contributed by atoms with van der Waals surface area (Å²) in [5.74, 6) is -0.428. The Balaban J connectivity index is 2.07. The van der Waals surface area contributed by atoms with Crippen molar-refractivity contribution in [2.75, 3.05) is 6.61 Å². The molecule has 0 saturated heterocycles. The van der Waals surface area contributed by atoms with Crippen LogP contribution in [-0.2, 0) is 4.79 Å². The zero-order valence-corrected chi connectivity index (χ0v) is 9.51. The molecule has 1 heterocycles. The van der Waals surface area contributed by atoms with Gasteiger partial charge in [-0.05, 0) is 18.2 Å². The van der Waals surface area contributed by atoms with Crippen LogP contribution in [0.15, 0.2) is 42.5 Å². The lowest BCUT2D eigenvalue weighted by atomic mass is 10.1. The third-order valence-corrected chi connectivity index (χ3v) is 2.84. The molecule has 2 N–H and O–H groups in total. The zero-order valence-electron chi connectivity index (χ0n) is 9.51. The molecule has 0 spiro atoms. The summed E-state index contributed by atoms with van der Waals surface area (Å²) in [6, 6.07) is 13.6. The third kappa shape index (κ3) is 1.78. The highest BCUT2D eigenvalue weighted by molar-refractivity contribution is 6.07. The minimum Gasteiger partial charge on any atom is -0.482 e. The Hall–Kier alpha value is -2.49. The Bertz CT molecular complexity index is 730. The smallest absolute Gasteiger partial charge is 0.341 e. The van der Waals surface area contributed by atoms with Crippen molar-refractivity contribution < 1.29 is 14.6 Å². The molecule has 0 fully saturated rings.